The molecule has 0 spiro atoms. The van der Waals surface area contributed by atoms with E-state index in [0.29, 0.717) is 11.4 Å². The molecule has 1 aromatic carbocycles. The fraction of sp³-hybridized carbons (Fsp3) is 0.133. The van der Waals surface area contributed by atoms with Crippen molar-refractivity contribution >= 4 is 11.6 Å². The predicted molar refractivity (Wildman–Crippen MR) is 77.8 cm³/mol. The standard InChI is InChI=1S/C15H14N4O2/c1-10-13(9-16-19(10)2)17-15(20)12-8-14(21-18-12)11-6-4-3-5-7-11/h3-9H,1-2H3,(H,17,20). The van der Waals surface area contributed by atoms with E-state index in [2.05, 4.69) is 15.6 Å². The van der Waals surface area contributed by atoms with Gasteiger partial charge >= 0.3 is 0 Å². The SMILES string of the molecule is Cc1c(NC(=O)c2cc(-c3ccccc3)on2)cnn1C. The van der Waals surface area contributed by atoms with Gasteiger partial charge in [0.15, 0.2) is 11.5 Å². The van der Waals surface area contributed by atoms with E-state index in [1.165, 1.54) is 0 Å². The minimum atomic E-state index is -0.322. The molecule has 0 aliphatic rings. The number of aryl methyl sites for hydroxylation is 1. The van der Waals surface area contributed by atoms with E-state index in [0.717, 1.165) is 11.3 Å². The Balaban J connectivity index is 1.80. The Bertz CT molecular complexity index is 774. The van der Waals surface area contributed by atoms with Gasteiger partial charge in [-0.25, -0.2) is 0 Å². The van der Waals surface area contributed by atoms with Gasteiger partial charge in [0.2, 0.25) is 0 Å². The average molecular weight is 282 g/mol. The van der Waals surface area contributed by atoms with Gasteiger partial charge in [-0.1, -0.05) is 35.5 Å². The Hall–Kier alpha value is -2.89. The quantitative estimate of drug-likeness (QED) is 0.801. The third kappa shape index (κ3) is 2.55. The second-order valence-corrected chi connectivity index (χ2v) is 4.66. The summed E-state index contributed by atoms with van der Waals surface area (Å²) in [5, 5.41) is 10.7. The zero-order valence-corrected chi connectivity index (χ0v) is 11.7. The van der Waals surface area contributed by atoms with Crippen LogP contribution in [0.2, 0.25) is 0 Å². The van der Waals surface area contributed by atoms with E-state index in [4.69, 9.17) is 4.52 Å². The molecule has 1 N–H and O–H groups in total. The van der Waals surface area contributed by atoms with Crippen LogP contribution in [0.3, 0.4) is 0 Å². The number of amides is 1. The Morgan fingerprint density at radius 2 is 2.05 bits per heavy atom. The summed E-state index contributed by atoms with van der Waals surface area (Å²) in [4.78, 5) is 12.1. The Morgan fingerprint density at radius 1 is 1.29 bits per heavy atom. The third-order valence-corrected chi connectivity index (χ3v) is 3.28. The highest BCUT2D eigenvalue weighted by Gasteiger charge is 2.15. The molecule has 3 rings (SSSR count). The van der Waals surface area contributed by atoms with E-state index in [1.807, 2.05) is 44.3 Å². The first-order chi connectivity index (χ1) is 10.1. The van der Waals surface area contributed by atoms with E-state index in [-0.39, 0.29) is 11.6 Å². The van der Waals surface area contributed by atoms with Crippen LogP contribution in [0.15, 0.2) is 47.1 Å². The smallest absolute Gasteiger partial charge is 0.277 e. The number of hydrogen-bond donors (Lipinski definition) is 1. The number of benzene rings is 1. The van der Waals surface area contributed by atoms with Crippen molar-refractivity contribution in [1.29, 1.82) is 0 Å². The zero-order chi connectivity index (χ0) is 14.8. The molecule has 6 heteroatoms. The van der Waals surface area contributed by atoms with Crippen LogP contribution in [0.25, 0.3) is 11.3 Å². The van der Waals surface area contributed by atoms with Crippen LogP contribution in [0.5, 0.6) is 0 Å². The van der Waals surface area contributed by atoms with Crippen molar-refractivity contribution < 1.29 is 9.32 Å². The first-order valence-corrected chi connectivity index (χ1v) is 6.47. The molecule has 3 aromatic rings. The van der Waals surface area contributed by atoms with Crippen LogP contribution in [0.1, 0.15) is 16.2 Å². The van der Waals surface area contributed by atoms with Crippen molar-refractivity contribution in [3.63, 3.8) is 0 Å². The maximum Gasteiger partial charge on any atom is 0.277 e. The molecule has 0 radical (unpaired) electrons. The third-order valence-electron chi connectivity index (χ3n) is 3.28. The fourth-order valence-electron chi connectivity index (χ4n) is 1.93. The first-order valence-electron chi connectivity index (χ1n) is 6.47. The Labute approximate surface area is 121 Å². The van der Waals surface area contributed by atoms with Crippen molar-refractivity contribution in [2.75, 3.05) is 5.32 Å². The normalized spacial score (nSPS) is 10.6. The number of carbonyl (C=O) groups excluding carboxylic acids is 1. The van der Waals surface area contributed by atoms with Gasteiger partial charge in [0.25, 0.3) is 5.91 Å². The molecule has 2 heterocycles. The summed E-state index contributed by atoms with van der Waals surface area (Å²) in [7, 11) is 1.81. The summed E-state index contributed by atoms with van der Waals surface area (Å²) in [6, 6.07) is 11.1. The number of hydrogen-bond acceptors (Lipinski definition) is 4. The lowest BCUT2D eigenvalue weighted by atomic mass is 10.1. The molecule has 1 amide bonds. The molecule has 0 saturated carbocycles. The summed E-state index contributed by atoms with van der Waals surface area (Å²) < 4.78 is 6.90. The Morgan fingerprint density at radius 3 is 2.71 bits per heavy atom. The van der Waals surface area contributed by atoms with Gasteiger partial charge in [-0.15, -0.1) is 0 Å². The zero-order valence-electron chi connectivity index (χ0n) is 11.7. The number of nitrogens with one attached hydrogen (secondary N) is 1. The highest BCUT2D eigenvalue weighted by molar-refractivity contribution is 6.03. The minimum Gasteiger partial charge on any atom is -0.355 e. The van der Waals surface area contributed by atoms with E-state index in [9.17, 15) is 4.79 Å². The summed E-state index contributed by atoms with van der Waals surface area (Å²) >= 11 is 0. The van der Waals surface area contributed by atoms with Crippen LogP contribution in [-0.4, -0.2) is 20.8 Å². The van der Waals surface area contributed by atoms with Crippen LogP contribution in [-0.2, 0) is 7.05 Å². The van der Waals surface area contributed by atoms with Crippen molar-refractivity contribution in [2.24, 2.45) is 7.05 Å². The number of nitrogens with zero attached hydrogens (tertiary/aromatic N) is 3. The summed E-state index contributed by atoms with van der Waals surface area (Å²) in [6.07, 6.45) is 1.60. The van der Waals surface area contributed by atoms with E-state index >= 15 is 0 Å². The fourth-order valence-corrected chi connectivity index (χ4v) is 1.93. The highest BCUT2D eigenvalue weighted by Crippen LogP contribution is 2.20. The molecule has 0 saturated heterocycles. The number of carbonyl (C=O) groups is 1. The lowest BCUT2D eigenvalue weighted by Crippen LogP contribution is -2.12. The first kappa shape index (κ1) is 13.1. The summed E-state index contributed by atoms with van der Waals surface area (Å²) in [6.45, 7) is 1.88. The average Bonchev–Trinajstić information content (AvgIpc) is 3.11. The van der Waals surface area contributed by atoms with Crippen LogP contribution in [0.4, 0.5) is 5.69 Å². The molecule has 0 fully saturated rings. The van der Waals surface area contributed by atoms with Crippen LogP contribution >= 0.6 is 0 Å². The van der Waals surface area contributed by atoms with Crippen LogP contribution < -0.4 is 5.32 Å². The molecule has 0 unspecified atom stereocenters. The molecule has 0 aliphatic heterocycles. The molecule has 2 aromatic heterocycles. The van der Waals surface area contributed by atoms with Gasteiger partial charge < -0.3 is 9.84 Å². The van der Waals surface area contributed by atoms with Gasteiger partial charge in [-0.05, 0) is 6.92 Å². The molecule has 106 valence electrons. The molecular formula is C15H14N4O2. The topological polar surface area (TPSA) is 73.0 Å². The molecule has 21 heavy (non-hydrogen) atoms. The molecule has 0 bridgehead atoms. The van der Waals surface area contributed by atoms with E-state index in [1.54, 1.807) is 16.9 Å². The predicted octanol–water partition coefficient (Wildman–Crippen LogP) is 2.64. The highest BCUT2D eigenvalue weighted by atomic mass is 16.5. The number of aromatic nitrogens is 3. The maximum atomic E-state index is 12.1. The van der Waals surface area contributed by atoms with Gasteiger partial charge in [0, 0.05) is 18.7 Å². The van der Waals surface area contributed by atoms with Gasteiger partial charge in [0.1, 0.15) is 0 Å². The second kappa shape index (κ2) is 5.24. The molecule has 0 atom stereocenters. The minimum absolute atomic E-state index is 0.233. The van der Waals surface area contributed by atoms with Gasteiger partial charge in [-0.2, -0.15) is 5.10 Å². The lowest BCUT2D eigenvalue weighted by molar-refractivity contribution is 0.101. The number of rotatable bonds is 3. The second-order valence-electron chi connectivity index (χ2n) is 4.66. The lowest BCUT2D eigenvalue weighted by Gasteiger charge is -2.01. The molecular weight excluding hydrogens is 268 g/mol. The van der Waals surface area contributed by atoms with Gasteiger partial charge in [0.05, 0.1) is 17.6 Å². The summed E-state index contributed by atoms with van der Waals surface area (Å²) in [5.41, 5.74) is 2.64. The monoisotopic (exact) mass is 282 g/mol. The van der Waals surface area contributed by atoms with Crippen LogP contribution in [0, 0.1) is 6.92 Å². The Kier molecular flexibility index (Phi) is 3.27. The maximum absolute atomic E-state index is 12.1. The van der Waals surface area contributed by atoms with Crippen molar-refractivity contribution in [3.8, 4) is 11.3 Å². The van der Waals surface area contributed by atoms with Gasteiger partial charge in [-0.3, -0.25) is 9.48 Å². The van der Waals surface area contributed by atoms with E-state index < -0.39 is 0 Å². The molecule has 6 nitrogen and oxygen atoms in total. The van der Waals surface area contributed by atoms with Crippen molar-refractivity contribution in [3.05, 3.63) is 54.0 Å². The molecule has 0 aliphatic carbocycles. The van der Waals surface area contributed by atoms with Crippen molar-refractivity contribution in [1.82, 2.24) is 14.9 Å². The largest absolute Gasteiger partial charge is 0.355 e. The van der Waals surface area contributed by atoms with Crippen molar-refractivity contribution in [2.45, 2.75) is 6.92 Å². The summed E-state index contributed by atoms with van der Waals surface area (Å²) in [5.74, 6) is 0.237. The number of anilines is 1.